The Kier molecular flexibility index (Phi) is 3.46. The maximum absolute atomic E-state index is 10.3. The van der Waals surface area contributed by atoms with Gasteiger partial charge in [0.25, 0.3) is 0 Å². The second-order valence-electron chi connectivity index (χ2n) is 4.76. The lowest BCUT2D eigenvalue weighted by atomic mass is 9.98. The molecule has 1 heterocycles. The molecule has 3 rings (SSSR count). The number of para-hydroxylation sites is 1. The number of aliphatic hydroxyl groups excluding tert-OH is 2. The van der Waals surface area contributed by atoms with E-state index in [1.807, 2.05) is 48.5 Å². The van der Waals surface area contributed by atoms with Crippen LogP contribution >= 0.6 is 0 Å². The van der Waals surface area contributed by atoms with Gasteiger partial charge in [0, 0.05) is 17.1 Å². The quantitative estimate of drug-likeness (QED) is 0.765. The van der Waals surface area contributed by atoms with Gasteiger partial charge in [0.1, 0.15) is 12.2 Å². The van der Waals surface area contributed by atoms with Crippen LogP contribution in [0.5, 0.6) is 0 Å². The van der Waals surface area contributed by atoms with Crippen molar-refractivity contribution in [2.24, 2.45) is 0 Å². The molecule has 1 aromatic heterocycles. The largest absolute Gasteiger partial charge is 0.385 e. The Hall–Kier alpha value is -2.23. The minimum atomic E-state index is -0.991. The van der Waals surface area contributed by atoms with Crippen LogP contribution in [0.25, 0.3) is 10.9 Å². The number of aromatic nitrogens is 1. The van der Waals surface area contributed by atoms with E-state index in [4.69, 9.17) is 0 Å². The lowest BCUT2D eigenvalue weighted by Crippen LogP contribution is -2.10. The third-order valence-electron chi connectivity index (χ3n) is 3.39. The number of benzene rings is 2. The van der Waals surface area contributed by atoms with Crippen LogP contribution in [0.1, 0.15) is 23.3 Å². The number of pyridine rings is 1. The highest BCUT2D eigenvalue weighted by Gasteiger charge is 2.20. The molecule has 0 aliphatic carbocycles. The van der Waals surface area contributed by atoms with Crippen LogP contribution in [0.3, 0.4) is 0 Å². The van der Waals surface area contributed by atoms with Crippen LogP contribution < -0.4 is 0 Å². The summed E-state index contributed by atoms with van der Waals surface area (Å²) >= 11 is 0. The third-order valence-corrected chi connectivity index (χ3v) is 3.39. The first kappa shape index (κ1) is 12.8. The molecule has 2 aromatic carbocycles. The summed E-state index contributed by atoms with van der Waals surface area (Å²) in [5.74, 6) is 0. The van der Waals surface area contributed by atoms with Crippen LogP contribution in [0.2, 0.25) is 0 Å². The van der Waals surface area contributed by atoms with Crippen molar-refractivity contribution in [2.45, 2.75) is 12.2 Å². The van der Waals surface area contributed by atoms with Gasteiger partial charge in [-0.15, -0.1) is 0 Å². The zero-order valence-corrected chi connectivity index (χ0v) is 10.8. The fraction of sp³-hybridized carbons (Fsp3) is 0.118. The smallest absolute Gasteiger partial charge is 0.111 e. The van der Waals surface area contributed by atoms with E-state index in [1.54, 1.807) is 18.3 Å². The van der Waals surface area contributed by atoms with Crippen molar-refractivity contribution in [3.05, 3.63) is 78.0 Å². The lowest BCUT2D eigenvalue weighted by molar-refractivity contribution is 0.0171. The van der Waals surface area contributed by atoms with Crippen molar-refractivity contribution in [3.8, 4) is 0 Å². The summed E-state index contributed by atoms with van der Waals surface area (Å²) < 4.78 is 0. The Morgan fingerprint density at radius 1 is 0.750 bits per heavy atom. The average molecular weight is 265 g/mol. The SMILES string of the molecule is OC(c1ccccc1)C(O)c1cnc2ccccc2c1. The van der Waals surface area contributed by atoms with Crippen molar-refractivity contribution in [3.63, 3.8) is 0 Å². The minimum absolute atomic E-state index is 0.611. The first-order valence-electron chi connectivity index (χ1n) is 6.51. The number of aliphatic hydroxyl groups is 2. The van der Waals surface area contributed by atoms with E-state index >= 15 is 0 Å². The molecule has 0 saturated heterocycles. The van der Waals surface area contributed by atoms with Gasteiger partial charge in [-0.05, 0) is 17.7 Å². The topological polar surface area (TPSA) is 53.4 Å². The summed E-state index contributed by atoms with van der Waals surface area (Å²) in [7, 11) is 0. The van der Waals surface area contributed by atoms with Gasteiger partial charge >= 0.3 is 0 Å². The van der Waals surface area contributed by atoms with Gasteiger partial charge in [-0.3, -0.25) is 4.98 Å². The predicted molar refractivity (Wildman–Crippen MR) is 78.1 cm³/mol. The van der Waals surface area contributed by atoms with Crippen LogP contribution in [0.15, 0.2) is 66.9 Å². The van der Waals surface area contributed by atoms with Gasteiger partial charge < -0.3 is 10.2 Å². The van der Waals surface area contributed by atoms with E-state index in [0.717, 1.165) is 10.9 Å². The van der Waals surface area contributed by atoms with E-state index in [0.29, 0.717) is 11.1 Å². The van der Waals surface area contributed by atoms with Crippen molar-refractivity contribution in [2.75, 3.05) is 0 Å². The van der Waals surface area contributed by atoms with Crippen LogP contribution in [0, 0.1) is 0 Å². The summed E-state index contributed by atoms with van der Waals surface area (Å²) in [6.07, 6.45) is -0.340. The molecule has 2 atom stereocenters. The van der Waals surface area contributed by atoms with Crippen LogP contribution in [-0.2, 0) is 0 Å². The standard InChI is InChI=1S/C17H15NO2/c19-16(12-6-2-1-3-7-12)17(20)14-10-13-8-4-5-9-15(13)18-11-14/h1-11,16-17,19-20H. The summed E-state index contributed by atoms with van der Waals surface area (Å²) in [5.41, 5.74) is 2.17. The maximum atomic E-state index is 10.3. The maximum Gasteiger partial charge on any atom is 0.111 e. The molecule has 0 amide bonds. The molecule has 0 aliphatic rings. The van der Waals surface area contributed by atoms with Gasteiger partial charge in [-0.25, -0.2) is 0 Å². The average Bonchev–Trinajstić information content (AvgIpc) is 2.54. The fourth-order valence-corrected chi connectivity index (χ4v) is 2.26. The molecule has 3 aromatic rings. The summed E-state index contributed by atoms with van der Waals surface area (Å²) in [4.78, 5) is 4.31. The van der Waals surface area contributed by atoms with Gasteiger partial charge in [-0.2, -0.15) is 0 Å². The van der Waals surface area contributed by atoms with E-state index in [-0.39, 0.29) is 0 Å². The predicted octanol–water partition coefficient (Wildman–Crippen LogP) is 3.00. The number of fused-ring (bicyclic) bond motifs is 1. The van der Waals surface area contributed by atoms with Crippen molar-refractivity contribution < 1.29 is 10.2 Å². The van der Waals surface area contributed by atoms with Crippen molar-refractivity contribution >= 4 is 10.9 Å². The second kappa shape index (κ2) is 5.41. The van der Waals surface area contributed by atoms with E-state index in [1.165, 1.54) is 0 Å². The van der Waals surface area contributed by atoms with Crippen LogP contribution in [0.4, 0.5) is 0 Å². The highest BCUT2D eigenvalue weighted by atomic mass is 16.3. The summed E-state index contributed by atoms with van der Waals surface area (Å²) in [6, 6.07) is 18.7. The zero-order valence-electron chi connectivity index (χ0n) is 10.8. The number of rotatable bonds is 3. The molecule has 0 fully saturated rings. The molecule has 0 aliphatic heterocycles. The Morgan fingerprint density at radius 2 is 1.40 bits per heavy atom. The zero-order chi connectivity index (χ0) is 13.9. The molecule has 2 unspecified atom stereocenters. The van der Waals surface area contributed by atoms with E-state index in [2.05, 4.69) is 4.98 Å². The molecule has 3 nitrogen and oxygen atoms in total. The second-order valence-corrected chi connectivity index (χ2v) is 4.76. The molecule has 0 bridgehead atoms. The Labute approximate surface area is 117 Å². The molecule has 100 valence electrons. The molecule has 3 heteroatoms. The molecule has 2 N–H and O–H groups in total. The van der Waals surface area contributed by atoms with Crippen molar-refractivity contribution in [1.29, 1.82) is 0 Å². The summed E-state index contributed by atoms with van der Waals surface area (Å²) in [5, 5.41) is 21.5. The number of hydrogen-bond acceptors (Lipinski definition) is 3. The highest BCUT2D eigenvalue weighted by Crippen LogP contribution is 2.29. The summed E-state index contributed by atoms with van der Waals surface area (Å²) in [6.45, 7) is 0. The van der Waals surface area contributed by atoms with Crippen LogP contribution in [-0.4, -0.2) is 15.2 Å². The normalized spacial score (nSPS) is 14.1. The molecule has 0 spiro atoms. The van der Waals surface area contributed by atoms with Crippen molar-refractivity contribution in [1.82, 2.24) is 4.98 Å². The minimum Gasteiger partial charge on any atom is -0.385 e. The molecule has 20 heavy (non-hydrogen) atoms. The van der Waals surface area contributed by atoms with Gasteiger partial charge in [0.05, 0.1) is 5.52 Å². The third kappa shape index (κ3) is 2.41. The highest BCUT2D eigenvalue weighted by molar-refractivity contribution is 5.78. The first-order chi connectivity index (χ1) is 9.75. The van der Waals surface area contributed by atoms with E-state index < -0.39 is 12.2 Å². The molecule has 0 saturated carbocycles. The Balaban J connectivity index is 1.94. The molecule has 0 radical (unpaired) electrons. The fourth-order valence-electron chi connectivity index (χ4n) is 2.26. The molecular weight excluding hydrogens is 250 g/mol. The van der Waals surface area contributed by atoms with Gasteiger partial charge in [0.15, 0.2) is 0 Å². The number of hydrogen-bond donors (Lipinski definition) is 2. The molecular formula is C17H15NO2. The first-order valence-corrected chi connectivity index (χ1v) is 6.51. The van der Waals surface area contributed by atoms with Gasteiger partial charge in [-0.1, -0.05) is 48.5 Å². The Bertz CT molecular complexity index is 712. The Morgan fingerprint density at radius 3 is 2.20 bits per heavy atom. The lowest BCUT2D eigenvalue weighted by Gasteiger charge is -2.18. The monoisotopic (exact) mass is 265 g/mol. The van der Waals surface area contributed by atoms with Gasteiger partial charge in [0.2, 0.25) is 0 Å². The van der Waals surface area contributed by atoms with E-state index in [9.17, 15) is 10.2 Å². The number of nitrogens with zero attached hydrogens (tertiary/aromatic N) is 1.